The molecule has 0 saturated carbocycles. The van der Waals surface area contributed by atoms with Crippen molar-refractivity contribution in [2.24, 2.45) is 0 Å². The van der Waals surface area contributed by atoms with Crippen LogP contribution in [0.4, 0.5) is 17.1 Å². The molecule has 0 unspecified atom stereocenters. The van der Waals surface area contributed by atoms with E-state index in [4.69, 9.17) is 4.42 Å². The van der Waals surface area contributed by atoms with Gasteiger partial charge in [-0.2, -0.15) is 0 Å². The summed E-state index contributed by atoms with van der Waals surface area (Å²) in [5, 5.41) is 4.76. The van der Waals surface area contributed by atoms with E-state index in [-0.39, 0.29) is 5.41 Å². The molecule has 270 valence electrons. The Hall–Kier alpha value is -7.16. The number of nitrogens with zero attached hydrogens (tertiary/aromatic N) is 1. The number of fused-ring (bicyclic) bond motifs is 7. The lowest BCUT2D eigenvalue weighted by Gasteiger charge is -2.27. The summed E-state index contributed by atoms with van der Waals surface area (Å²) in [7, 11) is 0. The van der Waals surface area contributed by atoms with Crippen LogP contribution in [-0.2, 0) is 5.41 Å². The van der Waals surface area contributed by atoms with Gasteiger partial charge in [-0.05, 0) is 109 Å². The van der Waals surface area contributed by atoms with Crippen LogP contribution in [0.5, 0.6) is 0 Å². The van der Waals surface area contributed by atoms with Gasteiger partial charge < -0.3 is 9.32 Å². The molecule has 10 aromatic rings. The number of furan rings is 1. The van der Waals surface area contributed by atoms with Gasteiger partial charge >= 0.3 is 0 Å². The van der Waals surface area contributed by atoms with E-state index in [1.54, 1.807) is 0 Å². The van der Waals surface area contributed by atoms with E-state index >= 15 is 0 Å². The van der Waals surface area contributed by atoms with Crippen LogP contribution in [-0.4, -0.2) is 0 Å². The van der Waals surface area contributed by atoms with Gasteiger partial charge in [-0.3, -0.25) is 0 Å². The Labute approximate surface area is 332 Å². The quantitative estimate of drug-likeness (QED) is 0.169. The molecule has 11 rings (SSSR count). The molecule has 1 aromatic heterocycles. The third-order valence-electron chi connectivity index (χ3n) is 12.1. The zero-order valence-electron chi connectivity index (χ0n) is 31.9. The second kappa shape index (κ2) is 13.0. The highest BCUT2D eigenvalue weighted by molar-refractivity contribution is 6.09. The van der Waals surface area contributed by atoms with Gasteiger partial charge in [-0.1, -0.05) is 166 Å². The summed E-state index contributed by atoms with van der Waals surface area (Å²) < 4.78 is 6.43. The fourth-order valence-electron chi connectivity index (χ4n) is 9.19. The Morgan fingerprint density at radius 3 is 1.81 bits per heavy atom. The zero-order chi connectivity index (χ0) is 38.1. The minimum atomic E-state index is -0.0458. The second-order valence-electron chi connectivity index (χ2n) is 15.7. The molecule has 0 aliphatic heterocycles. The summed E-state index contributed by atoms with van der Waals surface area (Å²) >= 11 is 0. The van der Waals surface area contributed by atoms with Crippen molar-refractivity contribution in [1.82, 2.24) is 0 Å². The van der Waals surface area contributed by atoms with E-state index in [2.05, 4.69) is 207 Å². The van der Waals surface area contributed by atoms with Crippen LogP contribution in [0.1, 0.15) is 25.0 Å². The summed E-state index contributed by atoms with van der Waals surface area (Å²) in [4.78, 5) is 2.37. The smallest absolute Gasteiger partial charge is 0.143 e. The van der Waals surface area contributed by atoms with E-state index in [0.717, 1.165) is 50.1 Å². The molecule has 2 nitrogen and oxygen atoms in total. The minimum absolute atomic E-state index is 0.0458. The highest BCUT2D eigenvalue weighted by atomic mass is 16.3. The van der Waals surface area contributed by atoms with Crippen LogP contribution in [0, 0.1) is 0 Å². The molecule has 0 amide bonds. The summed E-state index contributed by atoms with van der Waals surface area (Å²) in [6.45, 7) is 4.69. The molecule has 0 atom stereocenters. The third kappa shape index (κ3) is 5.40. The summed E-state index contributed by atoms with van der Waals surface area (Å²) in [6.07, 6.45) is 0. The molecule has 1 aliphatic rings. The fraction of sp³-hybridized carbons (Fsp3) is 0.0545. The summed E-state index contributed by atoms with van der Waals surface area (Å²) in [5.74, 6) is 0. The van der Waals surface area contributed by atoms with Gasteiger partial charge in [-0.15, -0.1) is 0 Å². The van der Waals surface area contributed by atoms with Crippen molar-refractivity contribution >= 4 is 49.8 Å². The molecule has 0 saturated heterocycles. The first-order chi connectivity index (χ1) is 28.0. The molecule has 0 fully saturated rings. The molecular weight excluding hydrogens is 691 g/mol. The van der Waals surface area contributed by atoms with Gasteiger partial charge in [0.25, 0.3) is 0 Å². The average molecular weight is 730 g/mol. The van der Waals surface area contributed by atoms with Crippen molar-refractivity contribution in [3.8, 4) is 44.5 Å². The number of rotatable bonds is 6. The molecule has 57 heavy (non-hydrogen) atoms. The maximum atomic E-state index is 6.43. The number of hydrogen-bond donors (Lipinski definition) is 0. The molecule has 0 radical (unpaired) electrons. The first-order valence-electron chi connectivity index (χ1n) is 19.8. The molecule has 2 heteroatoms. The van der Waals surface area contributed by atoms with Crippen LogP contribution in [0.25, 0.3) is 77.2 Å². The molecule has 1 aliphatic carbocycles. The molecule has 1 heterocycles. The van der Waals surface area contributed by atoms with Crippen molar-refractivity contribution in [2.45, 2.75) is 19.3 Å². The SMILES string of the molecule is CC1(C)c2ccccc2-c2ccc(-c3ccc(N(c4ccc(-c5cccc6c5oc5ccccc56)cc4)c4cccc(-c5cccc6ccccc56)c4)cc3)cc21. The first-order valence-corrected chi connectivity index (χ1v) is 19.8. The molecule has 9 aromatic carbocycles. The van der Waals surface area contributed by atoms with E-state index in [1.807, 2.05) is 12.1 Å². The number of hydrogen-bond acceptors (Lipinski definition) is 2. The molecule has 0 spiro atoms. The van der Waals surface area contributed by atoms with Crippen LogP contribution in [0.3, 0.4) is 0 Å². The van der Waals surface area contributed by atoms with Crippen LogP contribution in [0.2, 0.25) is 0 Å². The maximum Gasteiger partial charge on any atom is 0.143 e. The summed E-state index contributed by atoms with van der Waals surface area (Å²) in [5.41, 5.74) is 17.6. The van der Waals surface area contributed by atoms with Gasteiger partial charge in [0.2, 0.25) is 0 Å². The standard InChI is InChI=1S/C55H39NO/c1-55(2)51-22-7-5-17-47(51)48-33-28-39(35-52(48)55)36-24-29-41(30-25-36)56(43-15-9-14-40(34-43)45-19-10-13-37-12-3-4-16-44(37)45)42-31-26-38(27-32-42)46-20-11-21-50-49-18-6-8-23-53(49)57-54(46)50/h3-35H,1-2H3. The first kappa shape index (κ1) is 33.2. The van der Waals surface area contributed by atoms with Gasteiger partial charge in [0, 0.05) is 38.8 Å². The van der Waals surface area contributed by atoms with E-state index < -0.39 is 0 Å². The lowest BCUT2D eigenvalue weighted by Crippen LogP contribution is -2.14. The molecule has 0 bridgehead atoms. The van der Waals surface area contributed by atoms with Crippen LogP contribution >= 0.6 is 0 Å². The Kier molecular flexibility index (Phi) is 7.55. The van der Waals surface area contributed by atoms with E-state index in [1.165, 1.54) is 55.3 Å². The maximum absolute atomic E-state index is 6.43. The van der Waals surface area contributed by atoms with Crippen molar-refractivity contribution in [3.05, 3.63) is 211 Å². The molecule has 0 N–H and O–H groups in total. The van der Waals surface area contributed by atoms with E-state index in [9.17, 15) is 0 Å². The number of benzene rings is 9. The third-order valence-corrected chi connectivity index (χ3v) is 12.1. The van der Waals surface area contributed by atoms with E-state index in [0.29, 0.717) is 0 Å². The van der Waals surface area contributed by atoms with Gasteiger partial charge in [-0.25, -0.2) is 0 Å². The lowest BCUT2D eigenvalue weighted by atomic mass is 9.81. The van der Waals surface area contributed by atoms with Crippen LogP contribution in [0.15, 0.2) is 205 Å². The monoisotopic (exact) mass is 729 g/mol. The topological polar surface area (TPSA) is 16.4 Å². The van der Waals surface area contributed by atoms with Crippen molar-refractivity contribution < 1.29 is 4.42 Å². The van der Waals surface area contributed by atoms with Crippen molar-refractivity contribution in [1.29, 1.82) is 0 Å². The Balaban J connectivity index is 1.01. The van der Waals surface area contributed by atoms with Crippen LogP contribution < -0.4 is 4.90 Å². The predicted molar refractivity (Wildman–Crippen MR) is 240 cm³/mol. The highest BCUT2D eigenvalue weighted by Crippen LogP contribution is 2.50. The highest BCUT2D eigenvalue weighted by Gasteiger charge is 2.35. The second-order valence-corrected chi connectivity index (χ2v) is 15.7. The van der Waals surface area contributed by atoms with Crippen molar-refractivity contribution in [3.63, 3.8) is 0 Å². The Bertz CT molecular complexity index is 3140. The number of para-hydroxylation sites is 2. The lowest BCUT2D eigenvalue weighted by molar-refractivity contribution is 0.660. The Morgan fingerprint density at radius 1 is 0.368 bits per heavy atom. The molecular formula is C55H39NO. The zero-order valence-corrected chi connectivity index (χ0v) is 31.9. The Morgan fingerprint density at radius 2 is 0.965 bits per heavy atom. The van der Waals surface area contributed by atoms with Gasteiger partial charge in [0.1, 0.15) is 11.2 Å². The predicted octanol–water partition coefficient (Wildman–Crippen LogP) is 15.5. The summed E-state index contributed by atoms with van der Waals surface area (Å²) in [6, 6.07) is 72.6. The minimum Gasteiger partial charge on any atom is -0.455 e. The van der Waals surface area contributed by atoms with Crippen molar-refractivity contribution in [2.75, 3.05) is 4.90 Å². The largest absolute Gasteiger partial charge is 0.455 e. The van der Waals surface area contributed by atoms with Gasteiger partial charge in [0.15, 0.2) is 0 Å². The normalized spacial score (nSPS) is 12.9. The number of anilines is 3. The average Bonchev–Trinajstić information content (AvgIpc) is 3.76. The van der Waals surface area contributed by atoms with Gasteiger partial charge in [0.05, 0.1) is 0 Å². The fourth-order valence-corrected chi connectivity index (χ4v) is 9.19.